The van der Waals surface area contributed by atoms with Crippen LogP contribution in [-0.2, 0) is 16.7 Å². The van der Waals surface area contributed by atoms with Gasteiger partial charge in [-0.15, -0.1) is 11.3 Å². The third-order valence-electron chi connectivity index (χ3n) is 4.56. The van der Waals surface area contributed by atoms with E-state index in [1.165, 1.54) is 4.31 Å². The smallest absolute Gasteiger partial charge is 0.243 e. The van der Waals surface area contributed by atoms with Crippen molar-refractivity contribution in [2.45, 2.75) is 11.6 Å². The molecule has 4 rings (SSSR count). The molecule has 0 bridgehead atoms. The highest BCUT2D eigenvalue weighted by Gasteiger charge is 2.28. The van der Waals surface area contributed by atoms with Gasteiger partial charge >= 0.3 is 0 Å². The van der Waals surface area contributed by atoms with Crippen LogP contribution in [0.15, 0.2) is 46.7 Å². The predicted octanol–water partition coefficient (Wildman–Crippen LogP) is 3.29. The van der Waals surface area contributed by atoms with E-state index >= 15 is 0 Å². The topological polar surface area (TPSA) is 74.2 Å². The van der Waals surface area contributed by atoms with E-state index in [4.69, 9.17) is 23.8 Å². The van der Waals surface area contributed by atoms with Crippen molar-refractivity contribution in [2.75, 3.05) is 26.2 Å². The lowest BCUT2D eigenvalue weighted by Gasteiger charge is -2.33. The Morgan fingerprint density at radius 3 is 2.50 bits per heavy atom. The molecule has 0 atom stereocenters. The summed E-state index contributed by atoms with van der Waals surface area (Å²) in [5.41, 5.74) is 0. The van der Waals surface area contributed by atoms with Crippen LogP contribution in [-0.4, -0.2) is 58.6 Å². The molecule has 2 aromatic heterocycles. The average Bonchev–Trinajstić information content (AvgIpc) is 3.33. The van der Waals surface area contributed by atoms with Gasteiger partial charge in [-0.2, -0.15) is 9.29 Å². The number of thiophene rings is 1. The molecule has 0 unspecified atom stereocenters. The quantitative estimate of drug-likeness (QED) is 0.597. The Bertz CT molecular complexity index is 1100. The van der Waals surface area contributed by atoms with E-state index in [1.54, 1.807) is 35.6 Å². The molecule has 0 radical (unpaired) electrons. The van der Waals surface area contributed by atoms with E-state index in [-0.39, 0.29) is 4.90 Å². The van der Waals surface area contributed by atoms with E-state index < -0.39 is 10.0 Å². The minimum absolute atomic E-state index is 0.265. The number of piperazine rings is 1. The molecule has 0 spiro atoms. The number of aromatic nitrogens is 3. The fourth-order valence-electron chi connectivity index (χ4n) is 3.04. The third-order valence-corrected chi connectivity index (χ3v) is 7.91. The van der Waals surface area contributed by atoms with Crippen LogP contribution in [0, 0.1) is 4.77 Å². The second-order valence-electron chi connectivity index (χ2n) is 6.38. The maximum Gasteiger partial charge on any atom is 0.243 e. The van der Waals surface area contributed by atoms with Crippen LogP contribution in [0.5, 0.6) is 0 Å². The molecule has 3 aromatic rings. The number of sulfonamides is 1. The fraction of sp³-hybridized carbons (Fsp3) is 0.294. The van der Waals surface area contributed by atoms with Crippen molar-refractivity contribution in [3.8, 4) is 10.7 Å². The van der Waals surface area contributed by atoms with Crippen LogP contribution in [0.25, 0.3) is 10.7 Å². The highest BCUT2D eigenvalue weighted by molar-refractivity contribution is 7.89. The van der Waals surface area contributed by atoms with Gasteiger partial charge in [0.15, 0.2) is 5.82 Å². The second kappa shape index (κ2) is 8.05. The summed E-state index contributed by atoms with van der Waals surface area (Å²) in [6.45, 7) is 2.62. The van der Waals surface area contributed by atoms with Gasteiger partial charge in [-0.1, -0.05) is 17.7 Å². The number of hydrogen-bond donors (Lipinski definition) is 1. The number of benzene rings is 1. The van der Waals surface area contributed by atoms with Crippen LogP contribution in [0.1, 0.15) is 0 Å². The molecule has 148 valence electrons. The van der Waals surface area contributed by atoms with Gasteiger partial charge in [-0.25, -0.2) is 13.1 Å². The van der Waals surface area contributed by atoms with E-state index in [9.17, 15) is 8.42 Å². The lowest BCUT2D eigenvalue weighted by atomic mass is 10.4. The van der Waals surface area contributed by atoms with Crippen molar-refractivity contribution in [2.24, 2.45) is 0 Å². The summed E-state index contributed by atoms with van der Waals surface area (Å²) < 4.78 is 29.4. The normalized spacial score (nSPS) is 16.5. The largest absolute Gasteiger partial charge is 0.282 e. The molecule has 1 saturated heterocycles. The molecule has 28 heavy (non-hydrogen) atoms. The van der Waals surface area contributed by atoms with Crippen LogP contribution in [0.2, 0.25) is 5.02 Å². The molecule has 7 nitrogen and oxygen atoms in total. The summed E-state index contributed by atoms with van der Waals surface area (Å²) in [7, 11) is -3.51. The van der Waals surface area contributed by atoms with Gasteiger partial charge in [0.05, 0.1) is 16.4 Å². The molecule has 1 fully saturated rings. The highest BCUT2D eigenvalue weighted by atomic mass is 35.5. The Morgan fingerprint density at radius 1 is 1.14 bits per heavy atom. The molecule has 1 aromatic carbocycles. The minimum atomic E-state index is -3.51. The highest BCUT2D eigenvalue weighted by Crippen LogP contribution is 2.22. The minimum Gasteiger partial charge on any atom is -0.282 e. The Balaban J connectivity index is 1.41. The summed E-state index contributed by atoms with van der Waals surface area (Å²) in [5.74, 6) is 0.754. The van der Waals surface area contributed by atoms with E-state index in [1.807, 2.05) is 22.2 Å². The molecule has 1 N–H and O–H groups in total. The number of halogens is 1. The SMILES string of the molecule is O=S(=O)(c1ccc(Cl)cc1)N1CCN(Cn2[nH]c(-c3cccs3)nc2=S)CC1. The third kappa shape index (κ3) is 4.07. The number of nitrogens with one attached hydrogen (secondary N) is 1. The first-order chi connectivity index (χ1) is 13.4. The lowest BCUT2D eigenvalue weighted by Crippen LogP contribution is -2.48. The standard InChI is InChI=1S/C17H18ClN5O2S3/c18-13-3-5-14(6-4-13)28(24,25)22-9-7-21(8-10-22)12-23-17(26)19-16(20-23)15-2-1-11-27-15/h1-6,11H,7-10,12H2,(H,19,20,26). The molecule has 11 heteroatoms. The maximum absolute atomic E-state index is 12.8. The first-order valence-corrected chi connectivity index (χ1v) is 11.7. The molecule has 3 heterocycles. The molecule has 1 aliphatic rings. The summed E-state index contributed by atoms with van der Waals surface area (Å²) in [6, 6.07) is 10.2. The Kier molecular flexibility index (Phi) is 5.68. The zero-order chi connectivity index (χ0) is 19.7. The van der Waals surface area contributed by atoms with Crippen LogP contribution in [0.3, 0.4) is 0 Å². The molecule has 0 amide bonds. The molecular weight excluding hydrogens is 438 g/mol. The van der Waals surface area contributed by atoms with E-state index in [0.29, 0.717) is 42.6 Å². The van der Waals surface area contributed by atoms with Gasteiger partial charge in [-0.05, 0) is 47.9 Å². The van der Waals surface area contributed by atoms with Crippen molar-refractivity contribution in [3.05, 3.63) is 51.6 Å². The first kappa shape index (κ1) is 19.7. The van der Waals surface area contributed by atoms with Crippen molar-refractivity contribution in [1.29, 1.82) is 0 Å². The zero-order valence-corrected chi connectivity index (χ0v) is 18.0. The Labute approximate surface area is 177 Å². The van der Waals surface area contributed by atoms with E-state index in [0.717, 1.165) is 10.7 Å². The summed E-state index contributed by atoms with van der Waals surface area (Å²) >= 11 is 12.8. The number of aromatic amines is 1. The van der Waals surface area contributed by atoms with Gasteiger partial charge in [-0.3, -0.25) is 10.00 Å². The summed E-state index contributed by atoms with van der Waals surface area (Å²) in [4.78, 5) is 7.86. The van der Waals surface area contributed by atoms with Gasteiger partial charge in [0, 0.05) is 31.2 Å². The summed E-state index contributed by atoms with van der Waals surface area (Å²) in [6.07, 6.45) is 0. The lowest BCUT2D eigenvalue weighted by molar-refractivity contribution is 0.145. The predicted molar refractivity (Wildman–Crippen MR) is 113 cm³/mol. The van der Waals surface area contributed by atoms with E-state index in [2.05, 4.69) is 15.0 Å². The Morgan fingerprint density at radius 2 is 1.86 bits per heavy atom. The number of rotatable bonds is 5. The summed E-state index contributed by atoms with van der Waals surface area (Å²) in [5, 5.41) is 5.74. The molecule has 0 aliphatic carbocycles. The molecule has 0 saturated carbocycles. The van der Waals surface area contributed by atoms with Crippen molar-refractivity contribution >= 4 is 45.2 Å². The Hall–Kier alpha value is -1.56. The van der Waals surface area contributed by atoms with Crippen molar-refractivity contribution in [3.63, 3.8) is 0 Å². The van der Waals surface area contributed by atoms with Gasteiger partial charge in [0.2, 0.25) is 14.8 Å². The van der Waals surface area contributed by atoms with Crippen LogP contribution >= 0.6 is 35.2 Å². The van der Waals surface area contributed by atoms with Crippen LogP contribution in [0.4, 0.5) is 0 Å². The second-order valence-corrected chi connectivity index (χ2v) is 10.1. The van der Waals surface area contributed by atoms with Gasteiger partial charge in [0.25, 0.3) is 0 Å². The molecular formula is C17H18ClN5O2S3. The first-order valence-electron chi connectivity index (χ1n) is 8.62. The molecule has 1 aliphatic heterocycles. The maximum atomic E-state index is 12.8. The van der Waals surface area contributed by atoms with Crippen LogP contribution < -0.4 is 0 Å². The zero-order valence-electron chi connectivity index (χ0n) is 14.8. The fourth-order valence-corrected chi connectivity index (χ4v) is 5.45. The van der Waals surface area contributed by atoms with Crippen molar-refractivity contribution in [1.82, 2.24) is 24.0 Å². The number of nitrogens with zero attached hydrogens (tertiary/aromatic N) is 4. The number of hydrogen-bond acceptors (Lipinski definition) is 6. The van der Waals surface area contributed by atoms with Gasteiger partial charge < -0.3 is 0 Å². The average molecular weight is 456 g/mol. The van der Waals surface area contributed by atoms with Crippen molar-refractivity contribution < 1.29 is 8.42 Å². The van der Waals surface area contributed by atoms with Gasteiger partial charge in [0.1, 0.15) is 0 Å². The monoisotopic (exact) mass is 455 g/mol. The number of H-pyrrole nitrogens is 1.